The summed E-state index contributed by atoms with van der Waals surface area (Å²) >= 11 is 6.18. The van der Waals surface area contributed by atoms with Crippen molar-refractivity contribution >= 4 is 47.4 Å². The molecule has 0 radical (unpaired) electrons. The van der Waals surface area contributed by atoms with E-state index in [1.165, 1.54) is 6.26 Å². The lowest BCUT2D eigenvalue weighted by Crippen LogP contribution is -2.38. The van der Waals surface area contributed by atoms with Crippen LogP contribution in [0.1, 0.15) is 35.0 Å². The molecule has 1 aromatic heterocycles. The first-order chi connectivity index (χ1) is 13.1. The fourth-order valence-electron chi connectivity index (χ4n) is 2.52. The highest BCUT2D eigenvalue weighted by atomic mass is 127. The maximum atomic E-state index is 12.0. The number of rotatable bonds is 9. The summed E-state index contributed by atoms with van der Waals surface area (Å²) in [5.41, 5.74) is 1.95. The van der Waals surface area contributed by atoms with E-state index in [1.807, 2.05) is 38.1 Å². The molecule has 1 aromatic carbocycles. The van der Waals surface area contributed by atoms with Gasteiger partial charge < -0.3 is 20.4 Å². The molecule has 6 nitrogen and oxygen atoms in total. The zero-order valence-electron chi connectivity index (χ0n) is 16.3. The molecule has 0 fully saturated rings. The van der Waals surface area contributed by atoms with Crippen LogP contribution >= 0.6 is 35.6 Å². The van der Waals surface area contributed by atoms with Gasteiger partial charge in [-0.2, -0.15) is 0 Å². The summed E-state index contributed by atoms with van der Waals surface area (Å²) in [6, 6.07) is 9.61. The van der Waals surface area contributed by atoms with E-state index in [1.54, 1.807) is 6.07 Å². The van der Waals surface area contributed by atoms with Gasteiger partial charge in [-0.1, -0.05) is 29.8 Å². The Morgan fingerprint density at radius 3 is 2.61 bits per heavy atom. The van der Waals surface area contributed by atoms with Crippen molar-refractivity contribution in [1.29, 1.82) is 0 Å². The fourth-order valence-corrected chi connectivity index (χ4v) is 2.75. The van der Waals surface area contributed by atoms with Gasteiger partial charge >= 0.3 is 0 Å². The Morgan fingerprint density at radius 2 is 1.93 bits per heavy atom. The maximum Gasteiger partial charge on any atom is 0.287 e. The van der Waals surface area contributed by atoms with Gasteiger partial charge in [0.2, 0.25) is 0 Å². The minimum Gasteiger partial charge on any atom is -0.459 e. The molecule has 0 atom stereocenters. The number of furan rings is 1. The molecule has 1 amide bonds. The molecule has 154 valence electrons. The summed E-state index contributed by atoms with van der Waals surface area (Å²) in [7, 11) is 0. The highest BCUT2D eigenvalue weighted by Gasteiger charge is 2.11. The third-order valence-electron chi connectivity index (χ3n) is 3.95. The molecule has 0 aliphatic rings. The second kappa shape index (κ2) is 13.4. The molecule has 2 rings (SSSR count). The molecular formula is C20H28ClIN4O2. The molecule has 0 saturated carbocycles. The number of aliphatic imine (C=N–C) groups is 1. The Balaban J connectivity index is 0.00000392. The largest absolute Gasteiger partial charge is 0.459 e. The number of guanidine groups is 1. The maximum absolute atomic E-state index is 12.0. The first-order valence-corrected chi connectivity index (χ1v) is 9.57. The summed E-state index contributed by atoms with van der Waals surface area (Å²) in [6.07, 6.45) is 3.08. The van der Waals surface area contributed by atoms with E-state index < -0.39 is 0 Å². The molecule has 0 spiro atoms. The van der Waals surface area contributed by atoms with Gasteiger partial charge in [-0.3, -0.25) is 9.79 Å². The number of amides is 1. The van der Waals surface area contributed by atoms with E-state index >= 15 is 0 Å². The van der Waals surface area contributed by atoms with Gasteiger partial charge in [0, 0.05) is 36.8 Å². The van der Waals surface area contributed by atoms with E-state index in [2.05, 4.69) is 20.9 Å². The third-order valence-corrected chi connectivity index (χ3v) is 4.32. The van der Waals surface area contributed by atoms with E-state index in [4.69, 9.17) is 16.0 Å². The van der Waals surface area contributed by atoms with E-state index in [0.29, 0.717) is 18.8 Å². The van der Waals surface area contributed by atoms with Crippen molar-refractivity contribution in [3.8, 4) is 0 Å². The Kier molecular flexibility index (Phi) is 11.7. The Bertz CT molecular complexity index is 764. The molecule has 0 aliphatic carbocycles. The van der Waals surface area contributed by atoms with Gasteiger partial charge in [0.05, 0.1) is 6.26 Å². The predicted molar refractivity (Wildman–Crippen MR) is 125 cm³/mol. The Labute approximate surface area is 188 Å². The summed E-state index contributed by atoms with van der Waals surface area (Å²) in [5.74, 6) is 0.942. The minimum atomic E-state index is -0.189. The number of nitrogens with zero attached hydrogens (tertiary/aromatic N) is 1. The van der Waals surface area contributed by atoms with Crippen molar-refractivity contribution in [2.75, 3.05) is 26.2 Å². The van der Waals surface area contributed by atoms with Crippen LogP contribution in [0.25, 0.3) is 0 Å². The van der Waals surface area contributed by atoms with Crippen molar-refractivity contribution in [3.63, 3.8) is 0 Å². The van der Waals surface area contributed by atoms with Crippen LogP contribution < -0.4 is 16.0 Å². The van der Waals surface area contributed by atoms with E-state index in [-0.39, 0.29) is 29.9 Å². The molecule has 0 bridgehead atoms. The number of nitrogens with one attached hydrogen (secondary N) is 3. The number of halogens is 2. The zero-order chi connectivity index (χ0) is 19.5. The first kappa shape index (κ1) is 24.3. The van der Waals surface area contributed by atoms with Crippen LogP contribution in [0, 0.1) is 6.92 Å². The predicted octanol–water partition coefficient (Wildman–Crippen LogP) is 3.78. The number of hydrogen-bond donors (Lipinski definition) is 3. The molecule has 0 unspecified atom stereocenters. The highest BCUT2D eigenvalue weighted by Crippen LogP contribution is 2.14. The lowest BCUT2D eigenvalue weighted by molar-refractivity contribution is 0.0925. The minimum absolute atomic E-state index is 0. The number of hydrogen-bond acceptors (Lipinski definition) is 3. The van der Waals surface area contributed by atoms with Crippen LogP contribution in [0.5, 0.6) is 0 Å². The molecule has 0 aliphatic heterocycles. The molecule has 1 heterocycles. The summed E-state index contributed by atoms with van der Waals surface area (Å²) < 4.78 is 5.17. The van der Waals surface area contributed by atoms with Gasteiger partial charge in [0.15, 0.2) is 11.7 Å². The lowest BCUT2D eigenvalue weighted by atomic mass is 10.1. The molecule has 8 heteroatoms. The van der Waals surface area contributed by atoms with Gasteiger partial charge in [-0.05, 0) is 44.4 Å². The number of carbonyl (C=O) groups excluding carboxylic acids is 1. The number of benzene rings is 1. The van der Waals surface area contributed by atoms with Crippen LogP contribution in [0.15, 0.2) is 46.0 Å². The molecular weight excluding hydrogens is 491 g/mol. The molecule has 0 saturated heterocycles. The van der Waals surface area contributed by atoms with Crippen molar-refractivity contribution in [2.45, 2.75) is 26.7 Å². The van der Waals surface area contributed by atoms with Crippen molar-refractivity contribution < 1.29 is 9.21 Å². The SMILES string of the molecule is CCNC(=NCCCNC(=O)c1occc1C)NCCc1ccccc1Cl.I. The van der Waals surface area contributed by atoms with E-state index in [9.17, 15) is 4.79 Å². The van der Waals surface area contributed by atoms with E-state index in [0.717, 1.165) is 48.0 Å². The van der Waals surface area contributed by atoms with Gasteiger partial charge in [0.1, 0.15) is 0 Å². The fraction of sp³-hybridized carbons (Fsp3) is 0.400. The van der Waals surface area contributed by atoms with Crippen LogP contribution in [0.4, 0.5) is 0 Å². The summed E-state index contributed by atoms with van der Waals surface area (Å²) in [4.78, 5) is 16.5. The quantitative estimate of drug-likeness (QED) is 0.204. The second-order valence-corrected chi connectivity index (χ2v) is 6.48. The van der Waals surface area contributed by atoms with Gasteiger partial charge in [-0.15, -0.1) is 24.0 Å². The first-order valence-electron chi connectivity index (χ1n) is 9.19. The molecule has 28 heavy (non-hydrogen) atoms. The topological polar surface area (TPSA) is 78.7 Å². The third kappa shape index (κ3) is 8.10. The lowest BCUT2D eigenvalue weighted by Gasteiger charge is -2.12. The van der Waals surface area contributed by atoms with Crippen molar-refractivity contribution in [3.05, 3.63) is 58.5 Å². The normalized spacial score (nSPS) is 10.9. The molecule has 3 N–H and O–H groups in total. The number of carbonyl (C=O) groups is 1. The Hall–Kier alpha value is -1.74. The zero-order valence-corrected chi connectivity index (χ0v) is 19.3. The summed E-state index contributed by atoms with van der Waals surface area (Å²) in [6.45, 7) is 6.55. The Morgan fingerprint density at radius 1 is 1.14 bits per heavy atom. The monoisotopic (exact) mass is 518 g/mol. The second-order valence-electron chi connectivity index (χ2n) is 6.07. The van der Waals surface area contributed by atoms with Crippen LogP contribution in [0.3, 0.4) is 0 Å². The molecule has 2 aromatic rings. The summed E-state index contributed by atoms with van der Waals surface area (Å²) in [5, 5.41) is 10.1. The number of aryl methyl sites for hydroxylation is 1. The van der Waals surface area contributed by atoms with Crippen LogP contribution in [-0.2, 0) is 6.42 Å². The average Bonchev–Trinajstić information content (AvgIpc) is 3.09. The highest BCUT2D eigenvalue weighted by molar-refractivity contribution is 14.0. The smallest absolute Gasteiger partial charge is 0.287 e. The van der Waals surface area contributed by atoms with Crippen molar-refractivity contribution in [2.24, 2.45) is 4.99 Å². The average molecular weight is 519 g/mol. The van der Waals surface area contributed by atoms with Crippen LogP contribution in [-0.4, -0.2) is 38.0 Å². The van der Waals surface area contributed by atoms with Gasteiger partial charge in [-0.25, -0.2) is 0 Å². The van der Waals surface area contributed by atoms with Crippen molar-refractivity contribution in [1.82, 2.24) is 16.0 Å². The van der Waals surface area contributed by atoms with Gasteiger partial charge in [0.25, 0.3) is 5.91 Å². The standard InChI is InChI=1S/C20H27ClN4O2.HI/c1-3-22-20(25-13-9-16-7-4-5-8-17(16)21)24-12-6-11-23-19(26)18-15(2)10-14-27-18;/h4-5,7-8,10,14H,3,6,9,11-13H2,1-2H3,(H,23,26)(H2,22,24,25);1H. The van der Waals surface area contributed by atoms with Crippen LogP contribution in [0.2, 0.25) is 5.02 Å².